The fourth-order valence-corrected chi connectivity index (χ4v) is 3.93. The van der Waals surface area contributed by atoms with Gasteiger partial charge in [-0.1, -0.05) is 19.9 Å². The van der Waals surface area contributed by atoms with Crippen LogP contribution in [-0.4, -0.2) is 26.4 Å². The number of hydrogen-bond acceptors (Lipinski definition) is 4. The fraction of sp³-hybridized carbons (Fsp3) is 0.429. The number of hydrogen-bond donors (Lipinski definition) is 1. The van der Waals surface area contributed by atoms with Gasteiger partial charge in [-0.2, -0.15) is 0 Å². The number of ether oxygens (including phenoxy) is 3. The predicted octanol–water partition coefficient (Wildman–Crippen LogP) is 4.38. The van der Waals surface area contributed by atoms with Crippen molar-refractivity contribution in [3.8, 4) is 23.0 Å². The summed E-state index contributed by atoms with van der Waals surface area (Å²) in [6.45, 7) is 4.55. The second-order valence-electron chi connectivity index (χ2n) is 6.86. The van der Waals surface area contributed by atoms with Gasteiger partial charge in [0.05, 0.1) is 21.3 Å². The number of methoxy groups -OCH3 is 3. The van der Waals surface area contributed by atoms with Gasteiger partial charge in [-0.25, -0.2) is 0 Å². The molecular formula is C21H26O4. The molecule has 0 saturated heterocycles. The molecule has 25 heavy (non-hydrogen) atoms. The van der Waals surface area contributed by atoms with Crippen molar-refractivity contribution in [2.24, 2.45) is 11.8 Å². The lowest BCUT2D eigenvalue weighted by Gasteiger charge is -2.37. The smallest absolute Gasteiger partial charge is 0.161 e. The minimum Gasteiger partial charge on any atom is -0.504 e. The molecule has 1 aliphatic carbocycles. The van der Waals surface area contributed by atoms with Gasteiger partial charge in [-0.15, -0.1) is 0 Å². The third kappa shape index (κ3) is 3.01. The Morgan fingerprint density at radius 2 is 1.56 bits per heavy atom. The third-order valence-electron chi connectivity index (χ3n) is 5.51. The number of rotatable bonds is 4. The molecule has 0 saturated carbocycles. The molecule has 1 aliphatic rings. The zero-order valence-electron chi connectivity index (χ0n) is 15.5. The van der Waals surface area contributed by atoms with E-state index in [2.05, 4.69) is 26.0 Å². The average Bonchev–Trinajstić information content (AvgIpc) is 2.62. The van der Waals surface area contributed by atoms with E-state index in [1.54, 1.807) is 21.3 Å². The quantitative estimate of drug-likeness (QED) is 0.896. The van der Waals surface area contributed by atoms with Crippen LogP contribution < -0.4 is 14.2 Å². The van der Waals surface area contributed by atoms with Crippen LogP contribution in [0.3, 0.4) is 0 Å². The summed E-state index contributed by atoms with van der Waals surface area (Å²) in [6, 6.07) is 9.95. The van der Waals surface area contributed by atoms with Crippen molar-refractivity contribution in [1.29, 1.82) is 0 Å². The monoisotopic (exact) mass is 342 g/mol. The van der Waals surface area contributed by atoms with E-state index in [0.717, 1.165) is 17.9 Å². The highest BCUT2D eigenvalue weighted by atomic mass is 16.5. The molecule has 1 N–H and O–H groups in total. The molecule has 0 radical (unpaired) electrons. The van der Waals surface area contributed by atoms with Crippen molar-refractivity contribution in [1.82, 2.24) is 0 Å². The van der Waals surface area contributed by atoms with Crippen LogP contribution in [0.2, 0.25) is 0 Å². The minimum absolute atomic E-state index is 0.203. The Morgan fingerprint density at radius 3 is 2.20 bits per heavy atom. The number of aromatic hydroxyl groups is 1. The standard InChI is InChI=1S/C21H26O4/c1-12-8-15-9-17(22)19(24-4)11-16(15)21(13(12)2)14-6-7-18(23-3)20(10-14)25-5/h6-7,9-13,21-22H,8H2,1-5H3/t12-,13-,21-/m1/s1. The summed E-state index contributed by atoms with van der Waals surface area (Å²) in [5.41, 5.74) is 3.59. The Kier molecular flexibility index (Phi) is 4.80. The van der Waals surface area contributed by atoms with Gasteiger partial charge < -0.3 is 19.3 Å². The lowest BCUT2D eigenvalue weighted by Crippen LogP contribution is -2.26. The molecule has 0 fully saturated rings. The Bertz CT molecular complexity index is 769. The SMILES string of the molecule is COc1cc2c(cc1O)C[C@@H](C)[C@@H](C)[C@@H]2c1ccc(OC)c(OC)c1. The molecule has 0 unspecified atom stereocenters. The van der Waals surface area contributed by atoms with E-state index in [0.29, 0.717) is 17.6 Å². The van der Waals surface area contributed by atoms with Crippen molar-refractivity contribution in [3.63, 3.8) is 0 Å². The van der Waals surface area contributed by atoms with Gasteiger partial charge in [-0.3, -0.25) is 0 Å². The van der Waals surface area contributed by atoms with E-state index >= 15 is 0 Å². The van der Waals surface area contributed by atoms with Gasteiger partial charge in [0.1, 0.15) is 0 Å². The van der Waals surface area contributed by atoms with Crippen LogP contribution in [0.1, 0.15) is 36.5 Å². The van der Waals surface area contributed by atoms with E-state index in [-0.39, 0.29) is 11.7 Å². The average molecular weight is 342 g/mol. The maximum absolute atomic E-state index is 10.2. The van der Waals surface area contributed by atoms with Crippen molar-refractivity contribution in [2.75, 3.05) is 21.3 Å². The van der Waals surface area contributed by atoms with Crippen LogP contribution in [0, 0.1) is 11.8 Å². The highest BCUT2D eigenvalue weighted by Gasteiger charge is 2.34. The second-order valence-corrected chi connectivity index (χ2v) is 6.86. The molecular weight excluding hydrogens is 316 g/mol. The topological polar surface area (TPSA) is 47.9 Å². The van der Waals surface area contributed by atoms with Crippen LogP contribution in [-0.2, 0) is 6.42 Å². The summed E-state index contributed by atoms with van der Waals surface area (Å²) >= 11 is 0. The number of phenolic OH excluding ortho intramolecular Hbond substituents is 1. The Hall–Kier alpha value is -2.36. The van der Waals surface area contributed by atoms with Crippen LogP contribution >= 0.6 is 0 Å². The summed E-state index contributed by atoms with van der Waals surface area (Å²) < 4.78 is 16.2. The van der Waals surface area contributed by atoms with Crippen LogP contribution in [0.15, 0.2) is 30.3 Å². The first-order valence-electron chi connectivity index (χ1n) is 8.61. The molecule has 0 aliphatic heterocycles. The summed E-state index contributed by atoms with van der Waals surface area (Å²) in [6.07, 6.45) is 0.956. The molecule has 0 heterocycles. The van der Waals surface area contributed by atoms with Crippen LogP contribution in [0.25, 0.3) is 0 Å². The van der Waals surface area contributed by atoms with Gasteiger partial charge in [0.2, 0.25) is 0 Å². The molecule has 3 rings (SSSR count). The lowest BCUT2D eigenvalue weighted by molar-refractivity contribution is 0.318. The van der Waals surface area contributed by atoms with Gasteiger partial charge >= 0.3 is 0 Å². The second kappa shape index (κ2) is 6.87. The minimum atomic E-state index is 0.203. The fourth-order valence-electron chi connectivity index (χ4n) is 3.93. The van der Waals surface area contributed by atoms with Crippen molar-refractivity contribution in [2.45, 2.75) is 26.2 Å². The summed E-state index contributed by atoms with van der Waals surface area (Å²) in [5, 5.41) is 10.2. The molecule has 0 aromatic heterocycles. The number of benzene rings is 2. The molecule has 3 atom stereocenters. The third-order valence-corrected chi connectivity index (χ3v) is 5.51. The summed E-state index contributed by atoms with van der Waals surface area (Å²) in [5.74, 6) is 3.37. The van der Waals surface area contributed by atoms with E-state index in [1.807, 2.05) is 18.2 Å². The first-order valence-corrected chi connectivity index (χ1v) is 8.61. The summed E-state index contributed by atoms with van der Waals surface area (Å²) in [7, 11) is 4.89. The molecule has 4 nitrogen and oxygen atoms in total. The molecule has 0 spiro atoms. The van der Waals surface area contributed by atoms with E-state index in [1.165, 1.54) is 16.7 Å². The number of fused-ring (bicyclic) bond motifs is 1. The maximum Gasteiger partial charge on any atom is 0.161 e. The van der Waals surface area contributed by atoms with Crippen molar-refractivity contribution in [3.05, 3.63) is 47.0 Å². The molecule has 0 amide bonds. The lowest BCUT2D eigenvalue weighted by atomic mass is 9.68. The normalized spacial score (nSPS) is 22.2. The van der Waals surface area contributed by atoms with Crippen molar-refractivity contribution < 1.29 is 19.3 Å². The predicted molar refractivity (Wildman–Crippen MR) is 98.1 cm³/mol. The Balaban J connectivity index is 2.15. The van der Waals surface area contributed by atoms with Gasteiger partial charge in [-0.05, 0) is 59.2 Å². The van der Waals surface area contributed by atoms with Gasteiger partial charge in [0.25, 0.3) is 0 Å². The molecule has 4 heteroatoms. The summed E-state index contributed by atoms with van der Waals surface area (Å²) in [4.78, 5) is 0. The van der Waals surface area contributed by atoms with E-state index in [9.17, 15) is 5.11 Å². The van der Waals surface area contributed by atoms with Gasteiger partial charge in [0.15, 0.2) is 23.0 Å². The molecule has 2 aromatic rings. The number of phenols is 1. The van der Waals surface area contributed by atoms with Crippen molar-refractivity contribution >= 4 is 0 Å². The van der Waals surface area contributed by atoms with Gasteiger partial charge in [0, 0.05) is 5.92 Å². The molecule has 134 valence electrons. The van der Waals surface area contributed by atoms with E-state index < -0.39 is 0 Å². The zero-order valence-corrected chi connectivity index (χ0v) is 15.5. The van der Waals surface area contributed by atoms with Crippen LogP contribution in [0.4, 0.5) is 0 Å². The molecule has 2 aromatic carbocycles. The van der Waals surface area contributed by atoms with Crippen LogP contribution in [0.5, 0.6) is 23.0 Å². The first kappa shape index (κ1) is 17.5. The highest BCUT2D eigenvalue weighted by molar-refractivity contribution is 5.53. The Morgan fingerprint density at radius 1 is 0.880 bits per heavy atom. The first-order chi connectivity index (χ1) is 12.0. The van der Waals surface area contributed by atoms with E-state index in [4.69, 9.17) is 14.2 Å². The largest absolute Gasteiger partial charge is 0.504 e. The highest BCUT2D eigenvalue weighted by Crippen LogP contribution is 2.47. The molecule has 0 bridgehead atoms. The zero-order chi connectivity index (χ0) is 18.1. The Labute approximate surface area is 149 Å². The maximum atomic E-state index is 10.2.